The Morgan fingerprint density at radius 1 is 0.810 bits per heavy atom. The van der Waals surface area contributed by atoms with Crippen molar-refractivity contribution in [3.63, 3.8) is 0 Å². The first-order chi connectivity index (χ1) is 10.1. The van der Waals surface area contributed by atoms with Gasteiger partial charge in [0.2, 0.25) is 0 Å². The minimum absolute atomic E-state index is 0.172. The standard InChI is InChI=1S/C16H33O4P/c17-21(18,19)20-15-11-6-4-2-1-3-5-8-12-16-13-9-7-10-14-16/h16H,1-15H2,(H2,17,18,19). The Morgan fingerprint density at radius 2 is 1.33 bits per heavy atom. The fourth-order valence-electron chi connectivity index (χ4n) is 3.26. The Hall–Kier alpha value is 0.110. The molecule has 0 aromatic carbocycles. The summed E-state index contributed by atoms with van der Waals surface area (Å²) in [6, 6.07) is 0. The molecule has 0 aliphatic heterocycles. The second-order valence-corrected chi connectivity index (χ2v) is 7.68. The van der Waals surface area contributed by atoms with E-state index in [1.165, 1.54) is 70.6 Å². The van der Waals surface area contributed by atoms with Crippen molar-refractivity contribution in [2.45, 2.75) is 89.9 Å². The lowest BCUT2D eigenvalue weighted by atomic mass is 9.85. The van der Waals surface area contributed by atoms with Gasteiger partial charge in [0, 0.05) is 0 Å². The maximum Gasteiger partial charge on any atom is 0.469 e. The van der Waals surface area contributed by atoms with Crippen LogP contribution in [0.1, 0.15) is 89.9 Å². The minimum atomic E-state index is -4.25. The van der Waals surface area contributed by atoms with Gasteiger partial charge in [0.1, 0.15) is 0 Å². The molecule has 1 rings (SSSR count). The van der Waals surface area contributed by atoms with Crippen LogP contribution in [0, 0.1) is 5.92 Å². The van der Waals surface area contributed by atoms with E-state index in [9.17, 15) is 4.57 Å². The molecule has 21 heavy (non-hydrogen) atoms. The van der Waals surface area contributed by atoms with Crippen molar-refractivity contribution in [1.29, 1.82) is 0 Å². The largest absolute Gasteiger partial charge is 0.469 e. The Balaban J connectivity index is 1.75. The molecule has 126 valence electrons. The highest BCUT2D eigenvalue weighted by molar-refractivity contribution is 7.46. The fraction of sp³-hybridized carbons (Fsp3) is 1.00. The summed E-state index contributed by atoms with van der Waals surface area (Å²) in [4.78, 5) is 17.0. The number of phosphoric acid groups is 1. The predicted octanol–water partition coefficient (Wildman–Crippen LogP) is 5.19. The van der Waals surface area contributed by atoms with Crippen molar-refractivity contribution in [2.24, 2.45) is 5.92 Å². The van der Waals surface area contributed by atoms with Crippen LogP contribution in [-0.2, 0) is 9.09 Å². The number of unbranched alkanes of at least 4 members (excludes halogenated alkanes) is 7. The molecule has 0 aromatic rings. The van der Waals surface area contributed by atoms with Crippen molar-refractivity contribution in [3.8, 4) is 0 Å². The summed E-state index contributed by atoms with van der Waals surface area (Å²) >= 11 is 0. The van der Waals surface area contributed by atoms with E-state index in [0.717, 1.165) is 25.2 Å². The van der Waals surface area contributed by atoms with Crippen LogP contribution in [0.25, 0.3) is 0 Å². The van der Waals surface area contributed by atoms with Crippen LogP contribution in [-0.4, -0.2) is 16.4 Å². The van der Waals surface area contributed by atoms with Gasteiger partial charge in [-0.15, -0.1) is 0 Å². The van der Waals surface area contributed by atoms with Crippen LogP contribution in [0.15, 0.2) is 0 Å². The zero-order valence-corrected chi connectivity index (χ0v) is 14.2. The third kappa shape index (κ3) is 12.3. The predicted molar refractivity (Wildman–Crippen MR) is 86.1 cm³/mol. The molecular formula is C16H33O4P. The SMILES string of the molecule is O=P(O)(O)OCCCCCCCCCCC1CCCCC1. The van der Waals surface area contributed by atoms with Gasteiger partial charge in [-0.2, -0.15) is 0 Å². The number of phosphoric ester groups is 1. The summed E-state index contributed by atoms with van der Waals surface area (Å²) in [5, 5.41) is 0. The van der Waals surface area contributed by atoms with Gasteiger partial charge in [0.25, 0.3) is 0 Å². The van der Waals surface area contributed by atoms with Crippen LogP contribution in [0.3, 0.4) is 0 Å². The highest BCUT2D eigenvalue weighted by atomic mass is 31.2. The fourth-order valence-corrected chi connectivity index (χ4v) is 3.62. The van der Waals surface area contributed by atoms with E-state index >= 15 is 0 Å². The molecule has 1 aliphatic carbocycles. The Morgan fingerprint density at radius 3 is 1.90 bits per heavy atom. The zero-order valence-electron chi connectivity index (χ0n) is 13.3. The first-order valence-electron chi connectivity index (χ1n) is 8.78. The van der Waals surface area contributed by atoms with Crippen LogP contribution >= 0.6 is 7.82 Å². The molecule has 0 atom stereocenters. The first kappa shape index (κ1) is 19.2. The molecule has 2 N–H and O–H groups in total. The lowest BCUT2D eigenvalue weighted by Gasteiger charge is -2.21. The molecular weight excluding hydrogens is 287 g/mol. The molecule has 0 heterocycles. The summed E-state index contributed by atoms with van der Waals surface area (Å²) in [5.41, 5.74) is 0. The maximum absolute atomic E-state index is 10.5. The summed E-state index contributed by atoms with van der Waals surface area (Å²) in [6.07, 6.45) is 18.3. The number of hydrogen-bond acceptors (Lipinski definition) is 2. The van der Waals surface area contributed by atoms with Gasteiger partial charge in [0.15, 0.2) is 0 Å². The molecule has 0 unspecified atom stereocenters. The molecule has 0 amide bonds. The van der Waals surface area contributed by atoms with E-state index in [0.29, 0.717) is 0 Å². The average molecular weight is 320 g/mol. The van der Waals surface area contributed by atoms with Gasteiger partial charge < -0.3 is 9.79 Å². The van der Waals surface area contributed by atoms with E-state index in [1.54, 1.807) is 0 Å². The highest BCUT2D eigenvalue weighted by Gasteiger charge is 2.13. The molecule has 1 aliphatic rings. The monoisotopic (exact) mass is 320 g/mol. The Bertz CT molecular complexity index is 284. The van der Waals surface area contributed by atoms with Crippen LogP contribution in [0.5, 0.6) is 0 Å². The molecule has 0 aromatic heterocycles. The van der Waals surface area contributed by atoms with Gasteiger partial charge in [-0.05, 0) is 12.3 Å². The second-order valence-electron chi connectivity index (χ2n) is 6.44. The normalized spacial score (nSPS) is 17.2. The molecule has 0 spiro atoms. The first-order valence-corrected chi connectivity index (χ1v) is 10.3. The van der Waals surface area contributed by atoms with Crippen molar-refractivity contribution in [3.05, 3.63) is 0 Å². The van der Waals surface area contributed by atoms with Crippen molar-refractivity contribution in [2.75, 3.05) is 6.61 Å². The van der Waals surface area contributed by atoms with Crippen LogP contribution < -0.4 is 0 Å². The van der Waals surface area contributed by atoms with Crippen LogP contribution in [0.2, 0.25) is 0 Å². The Labute approximate surface area is 129 Å². The van der Waals surface area contributed by atoms with Crippen molar-refractivity contribution >= 4 is 7.82 Å². The molecule has 1 fully saturated rings. The van der Waals surface area contributed by atoms with Gasteiger partial charge in [-0.25, -0.2) is 4.57 Å². The topological polar surface area (TPSA) is 66.8 Å². The van der Waals surface area contributed by atoms with E-state index < -0.39 is 7.82 Å². The summed E-state index contributed by atoms with van der Waals surface area (Å²) in [5.74, 6) is 1.02. The van der Waals surface area contributed by atoms with Crippen molar-refractivity contribution < 1.29 is 18.9 Å². The lowest BCUT2D eigenvalue weighted by molar-refractivity contribution is 0.193. The number of hydrogen-bond donors (Lipinski definition) is 2. The zero-order chi connectivity index (χ0) is 15.4. The van der Waals surface area contributed by atoms with Crippen molar-refractivity contribution in [1.82, 2.24) is 0 Å². The van der Waals surface area contributed by atoms with Crippen LogP contribution in [0.4, 0.5) is 0 Å². The minimum Gasteiger partial charge on any atom is -0.303 e. The third-order valence-corrected chi connectivity index (χ3v) is 5.01. The maximum atomic E-state index is 10.5. The van der Waals surface area contributed by atoms with E-state index in [1.807, 2.05) is 0 Å². The van der Waals surface area contributed by atoms with Gasteiger partial charge >= 0.3 is 7.82 Å². The van der Waals surface area contributed by atoms with Gasteiger partial charge in [0.05, 0.1) is 6.61 Å². The average Bonchev–Trinajstić information content (AvgIpc) is 2.44. The van der Waals surface area contributed by atoms with Gasteiger partial charge in [-0.3, -0.25) is 4.52 Å². The molecule has 4 nitrogen and oxygen atoms in total. The summed E-state index contributed by atoms with van der Waals surface area (Å²) in [7, 11) is -4.25. The number of rotatable bonds is 12. The Kier molecular flexibility index (Phi) is 10.6. The molecule has 0 bridgehead atoms. The lowest BCUT2D eigenvalue weighted by Crippen LogP contribution is -2.05. The smallest absolute Gasteiger partial charge is 0.303 e. The molecule has 0 saturated heterocycles. The molecule has 5 heteroatoms. The molecule has 0 radical (unpaired) electrons. The summed E-state index contributed by atoms with van der Waals surface area (Å²) in [6.45, 7) is 0.172. The van der Waals surface area contributed by atoms with Gasteiger partial charge in [-0.1, -0.05) is 83.5 Å². The van der Waals surface area contributed by atoms with E-state index in [2.05, 4.69) is 4.52 Å². The van der Waals surface area contributed by atoms with E-state index in [-0.39, 0.29) is 6.61 Å². The highest BCUT2D eigenvalue weighted by Crippen LogP contribution is 2.35. The second kappa shape index (κ2) is 11.6. The quantitative estimate of drug-likeness (QED) is 0.384. The third-order valence-electron chi connectivity index (χ3n) is 4.49. The summed E-state index contributed by atoms with van der Waals surface area (Å²) < 4.78 is 14.9. The van der Waals surface area contributed by atoms with E-state index in [4.69, 9.17) is 9.79 Å². The molecule has 1 saturated carbocycles.